The van der Waals surface area contributed by atoms with Gasteiger partial charge in [-0.25, -0.2) is 23.4 Å². The number of rotatable bonds is 8. The first-order valence-electron chi connectivity index (χ1n) is 13.5. The molecular formula is C29H34ClN7O2S. The molecule has 0 saturated heterocycles. The van der Waals surface area contributed by atoms with Gasteiger partial charge in [0.05, 0.1) is 10.5 Å². The average molecular weight is 580 g/mol. The number of nitrogens with one attached hydrogen (secondary N) is 2. The first-order valence-corrected chi connectivity index (χ1v) is 15.3. The van der Waals surface area contributed by atoms with Gasteiger partial charge in [-0.1, -0.05) is 18.5 Å². The van der Waals surface area contributed by atoms with Crippen LogP contribution in [0.4, 0.5) is 11.8 Å². The number of pyridine rings is 2. The lowest BCUT2D eigenvalue weighted by molar-refractivity contribution is 0.221. The molecule has 0 radical (unpaired) electrons. The maximum Gasteiger partial charge on any atom is 0.266 e. The topological polar surface area (TPSA) is 113 Å². The Morgan fingerprint density at radius 1 is 1.05 bits per heavy atom. The molecule has 1 saturated carbocycles. The molecule has 40 heavy (non-hydrogen) atoms. The SMILES string of the molecule is CCc1cc(-c2ccc(NS(=O)(=O)c3cnccc3Cl)nc2C)cc2cnc(NC3CCC(N(C)C)CC3)nc12. The summed E-state index contributed by atoms with van der Waals surface area (Å²) in [5, 5.41) is 4.60. The molecule has 5 rings (SSSR count). The first-order chi connectivity index (χ1) is 19.1. The summed E-state index contributed by atoms with van der Waals surface area (Å²) in [7, 11) is 0.373. The van der Waals surface area contributed by atoms with E-state index >= 15 is 0 Å². The van der Waals surface area contributed by atoms with Crippen LogP contribution < -0.4 is 10.0 Å². The lowest BCUT2D eigenvalue weighted by atomic mass is 9.90. The molecule has 1 fully saturated rings. The Labute approximate surface area is 240 Å². The van der Waals surface area contributed by atoms with E-state index in [2.05, 4.69) is 63.0 Å². The Morgan fingerprint density at radius 3 is 2.50 bits per heavy atom. The fraction of sp³-hybridized carbons (Fsp3) is 0.379. The van der Waals surface area contributed by atoms with Crippen molar-refractivity contribution in [1.82, 2.24) is 24.8 Å². The largest absolute Gasteiger partial charge is 0.351 e. The van der Waals surface area contributed by atoms with Crippen LogP contribution in [-0.2, 0) is 16.4 Å². The monoisotopic (exact) mass is 579 g/mol. The van der Waals surface area contributed by atoms with Gasteiger partial charge in [0, 0.05) is 47.3 Å². The van der Waals surface area contributed by atoms with Crippen LogP contribution in [0.2, 0.25) is 5.02 Å². The van der Waals surface area contributed by atoms with Gasteiger partial charge in [-0.2, -0.15) is 0 Å². The average Bonchev–Trinajstić information content (AvgIpc) is 2.93. The number of anilines is 2. The summed E-state index contributed by atoms with van der Waals surface area (Å²) in [6.07, 6.45) is 9.90. The lowest BCUT2D eigenvalue weighted by Crippen LogP contribution is -2.36. The van der Waals surface area contributed by atoms with Crippen molar-refractivity contribution in [2.24, 2.45) is 0 Å². The van der Waals surface area contributed by atoms with Crippen LogP contribution in [-0.4, -0.2) is 59.4 Å². The molecule has 0 amide bonds. The molecule has 0 spiro atoms. The van der Waals surface area contributed by atoms with Crippen molar-refractivity contribution in [3.05, 3.63) is 65.2 Å². The minimum Gasteiger partial charge on any atom is -0.351 e. The van der Waals surface area contributed by atoms with E-state index in [1.54, 1.807) is 6.07 Å². The highest BCUT2D eigenvalue weighted by Gasteiger charge is 2.23. The molecule has 11 heteroatoms. The van der Waals surface area contributed by atoms with Crippen molar-refractivity contribution in [3.8, 4) is 11.1 Å². The molecule has 1 aliphatic rings. The number of nitrogens with zero attached hydrogens (tertiary/aromatic N) is 5. The third-order valence-electron chi connectivity index (χ3n) is 7.56. The van der Waals surface area contributed by atoms with Crippen LogP contribution in [0.3, 0.4) is 0 Å². The number of hydrogen-bond donors (Lipinski definition) is 2. The highest BCUT2D eigenvalue weighted by Crippen LogP contribution is 2.31. The Bertz CT molecular complexity index is 1640. The fourth-order valence-electron chi connectivity index (χ4n) is 5.31. The zero-order valence-corrected chi connectivity index (χ0v) is 24.7. The quantitative estimate of drug-likeness (QED) is 0.273. The van der Waals surface area contributed by atoms with Crippen molar-refractivity contribution in [1.29, 1.82) is 0 Å². The summed E-state index contributed by atoms with van der Waals surface area (Å²) in [5.41, 5.74) is 4.62. The molecule has 1 aromatic carbocycles. The number of fused-ring (bicyclic) bond motifs is 1. The van der Waals surface area contributed by atoms with Gasteiger partial charge in [-0.3, -0.25) is 9.71 Å². The van der Waals surface area contributed by atoms with Crippen LogP contribution in [0.5, 0.6) is 0 Å². The van der Waals surface area contributed by atoms with Gasteiger partial charge in [-0.05, 0) is 94.6 Å². The number of halogens is 1. The highest BCUT2D eigenvalue weighted by atomic mass is 35.5. The number of benzene rings is 1. The van der Waals surface area contributed by atoms with E-state index in [0.717, 1.165) is 46.9 Å². The van der Waals surface area contributed by atoms with Crippen LogP contribution >= 0.6 is 11.6 Å². The van der Waals surface area contributed by atoms with Crippen molar-refractivity contribution in [2.45, 2.75) is 62.9 Å². The van der Waals surface area contributed by atoms with E-state index in [-0.39, 0.29) is 15.7 Å². The Hall–Kier alpha value is -3.34. The van der Waals surface area contributed by atoms with Gasteiger partial charge >= 0.3 is 0 Å². The maximum atomic E-state index is 12.8. The van der Waals surface area contributed by atoms with Crippen molar-refractivity contribution >= 4 is 44.3 Å². The predicted molar refractivity (Wildman–Crippen MR) is 160 cm³/mol. The van der Waals surface area contributed by atoms with Gasteiger partial charge in [0.25, 0.3) is 10.0 Å². The standard InChI is InChI=1S/C29H34ClN7O2S/c1-5-19-14-20(15-21-16-32-29(35-28(19)21)34-22-6-8-23(9-7-22)37(3)4)24-10-11-27(33-18(24)2)36-40(38,39)26-17-31-13-12-25(26)30/h10-17,22-23H,5-9H2,1-4H3,(H,33,36)(H,32,34,35). The molecule has 9 nitrogen and oxygen atoms in total. The van der Waals surface area contributed by atoms with Crippen molar-refractivity contribution in [3.63, 3.8) is 0 Å². The predicted octanol–water partition coefficient (Wildman–Crippen LogP) is 5.70. The van der Waals surface area contributed by atoms with Crippen molar-refractivity contribution < 1.29 is 8.42 Å². The summed E-state index contributed by atoms with van der Waals surface area (Å²) in [5.74, 6) is 0.878. The van der Waals surface area contributed by atoms with Gasteiger partial charge in [-0.15, -0.1) is 0 Å². The summed E-state index contributed by atoms with van der Waals surface area (Å²) in [6, 6.07) is 10.2. The molecule has 3 heterocycles. The minimum absolute atomic E-state index is 0.0939. The molecule has 0 unspecified atom stereocenters. The molecule has 0 aliphatic heterocycles. The molecule has 3 aromatic heterocycles. The normalized spacial score (nSPS) is 17.8. The molecule has 4 aromatic rings. The van der Waals surface area contributed by atoms with Crippen LogP contribution in [0.25, 0.3) is 22.0 Å². The molecule has 210 valence electrons. The van der Waals surface area contributed by atoms with E-state index in [1.807, 2.05) is 19.2 Å². The fourth-order valence-corrected chi connectivity index (χ4v) is 6.74. The van der Waals surface area contributed by atoms with E-state index in [1.165, 1.54) is 31.3 Å². The third kappa shape index (κ3) is 6.04. The second kappa shape index (κ2) is 11.6. The Balaban J connectivity index is 1.37. The summed E-state index contributed by atoms with van der Waals surface area (Å²) >= 11 is 6.07. The Kier molecular flexibility index (Phi) is 8.21. The van der Waals surface area contributed by atoms with E-state index < -0.39 is 10.0 Å². The maximum absolute atomic E-state index is 12.8. The smallest absolute Gasteiger partial charge is 0.266 e. The second-order valence-corrected chi connectivity index (χ2v) is 12.5. The molecular weight excluding hydrogens is 546 g/mol. The van der Waals surface area contributed by atoms with Crippen molar-refractivity contribution in [2.75, 3.05) is 24.1 Å². The van der Waals surface area contributed by atoms with Crippen LogP contribution in [0, 0.1) is 6.92 Å². The number of aromatic nitrogens is 4. The minimum atomic E-state index is -3.93. The number of hydrogen-bond acceptors (Lipinski definition) is 8. The second-order valence-electron chi connectivity index (χ2n) is 10.5. The van der Waals surface area contributed by atoms with Crippen LogP contribution in [0.15, 0.2) is 53.8 Å². The van der Waals surface area contributed by atoms with E-state index in [0.29, 0.717) is 23.7 Å². The summed E-state index contributed by atoms with van der Waals surface area (Å²) < 4.78 is 28.1. The summed E-state index contributed by atoms with van der Waals surface area (Å²) in [6.45, 7) is 3.97. The molecule has 2 N–H and O–H groups in total. The van der Waals surface area contributed by atoms with E-state index in [9.17, 15) is 8.42 Å². The van der Waals surface area contributed by atoms with Gasteiger partial charge in [0.2, 0.25) is 5.95 Å². The molecule has 0 atom stereocenters. The first kappa shape index (κ1) is 28.2. The number of aryl methyl sites for hydroxylation is 2. The zero-order chi connectivity index (χ0) is 28.4. The van der Waals surface area contributed by atoms with E-state index in [4.69, 9.17) is 16.6 Å². The third-order valence-corrected chi connectivity index (χ3v) is 9.39. The molecule has 1 aliphatic carbocycles. The summed E-state index contributed by atoms with van der Waals surface area (Å²) in [4.78, 5) is 20.1. The van der Waals surface area contributed by atoms with Gasteiger partial charge < -0.3 is 10.2 Å². The zero-order valence-electron chi connectivity index (χ0n) is 23.1. The molecule has 0 bridgehead atoms. The Morgan fingerprint density at radius 2 is 1.82 bits per heavy atom. The number of sulfonamides is 1. The lowest BCUT2D eigenvalue weighted by Gasteiger charge is -2.33. The van der Waals surface area contributed by atoms with Gasteiger partial charge in [0.1, 0.15) is 10.7 Å². The van der Waals surface area contributed by atoms with Gasteiger partial charge in [0.15, 0.2) is 0 Å². The van der Waals surface area contributed by atoms with Crippen LogP contribution in [0.1, 0.15) is 43.9 Å². The highest BCUT2D eigenvalue weighted by molar-refractivity contribution is 7.92.